The van der Waals surface area contributed by atoms with E-state index in [1.807, 2.05) is 12.1 Å². The molecule has 5 heteroatoms. The third-order valence-corrected chi connectivity index (χ3v) is 4.60. The number of amides is 1. The van der Waals surface area contributed by atoms with Crippen LogP contribution in [0.4, 0.5) is 0 Å². The van der Waals surface area contributed by atoms with Crippen molar-refractivity contribution >= 4 is 12.1 Å². The number of carbonyl (C=O) groups is 1. The van der Waals surface area contributed by atoms with E-state index in [1.54, 1.807) is 37.6 Å². The number of aryl methyl sites for hydroxylation is 2. The van der Waals surface area contributed by atoms with Gasteiger partial charge in [-0.15, -0.1) is 0 Å². The van der Waals surface area contributed by atoms with Crippen molar-refractivity contribution < 1.29 is 9.53 Å². The van der Waals surface area contributed by atoms with Crippen LogP contribution in [0.3, 0.4) is 0 Å². The molecular weight excluding hydrogens is 326 g/mol. The molecule has 0 aliphatic heterocycles. The van der Waals surface area contributed by atoms with E-state index in [9.17, 15) is 10.1 Å². The molecule has 0 radical (unpaired) electrons. The number of nitrogens with one attached hydrogen (secondary N) is 1. The molecule has 2 aromatic carbocycles. The smallest absolute Gasteiger partial charge is 0.261 e. The van der Waals surface area contributed by atoms with E-state index in [2.05, 4.69) is 22.7 Å². The van der Waals surface area contributed by atoms with Gasteiger partial charge in [0.25, 0.3) is 5.91 Å². The van der Waals surface area contributed by atoms with Gasteiger partial charge in [-0.25, -0.2) is 5.43 Å². The fourth-order valence-electron chi connectivity index (χ4n) is 3.22. The van der Waals surface area contributed by atoms with Gasteiger partial charge in [0.05, 0.1) is 19.4 Å². The highest BCUT2D eigenvalue weighted by Crippen LogP contribution is 2.28. The molecule has 0 bridgehead atoms. The Kier molecular flexibility index (Phi) is 5.65. The fraction of sp³-hybridized carbons (Fsp3) is 0.286. The Morgan fingerprint density at radius 1 is 1.23 bits per heavy atom. The number of fused-ring (bicyclic) bond motifs is 1. The number of nitriles is 1. The second-order valence-electron chi connectivity index (χ2n) is 6.28. The van der Waals surface area contributed by atoms with Crippen molar-refractivity contribution in [2.45, 2.75) is 31.6 Å². The predicted octanol–water partition coefficient (Wildman–Crippen LogP) is 3.33. The summed E-state index contributed by atoms with van der Waals surface area (Å²) in [5.41, 5.74) is 6.56. The molecule has 1 atom stereocenters. The quantitative estimate of drug-likeness (QED) is 0.666. The number of methoxy groups -OCH3 is 1. The van der Waals surface area contributed by atoms with Gasteiger partial charge < -0.3 is 4.74 Å². The number of hydrazone groups is 1. The molecule has 5 nitrogen and oxygen atoms in total. The van der Waals surface area contributed by atoms with E-state index in [0.29, 0.717) is 5.56 Å². The van der Waals surface area contributed by atoms with Crippen LogP contribution in [0.1, 0.15) is 41.0 Å². The molecule has 1 N–H and O–H groups in total. The largest absolute Gasteiger partial charge is 0.496 e. The summed E-state index contributed by atoms with van der Waals surface area (Å²) in [5, 5.41) is 13.3. The van der Waals surface area contributed by atoms with Gasteiger partial charge in [0.1, 0.15) is 5.75 Å². The van der Waals surface area contributed by atoms with Crippen LogP contribution in [0, 0.1) is 11.3 Å². The van der Waals surface area contributed by atoms with E-state index >= 15 is 0 Å². The van der Waals surface area contributed by atoms with Crippen molar-refractivity contribution in [2.75, 3.05) is 7.11 Å². The maximum Gasteiger partial charge on any atom is 0.261 e. The minimum atomic E-state index is -0.890. The van der Waals surface area contributed by atoms with E-state index in [0.717, 1.165) is 24.2 Å². The zero-order valence-electron chi connectivity index (χ0n) is 14.7. The molecule has 132 valence electrons. The molecule has 3 rings (SSSR count). The van der Waals surface area contributed by atoms with Crippen LogP contribution < -0.4 is 10.2 Å². The van der Waals surface area contributed by atoms with Crippen LogP contribution in [0.15, 0.2) is 47.6 Å². The lowest BCUT2D eigenvalue weighted by molar-refractivity contribution is -0.121. The number of hydrogen-bond donors (Lipinski definition) is 1. The van der Waals surface area contributed by atoms with E-state index < -0.39 is 11.8 Å². The Morgan fingerprint density at radius 3 is 2.58 bits per heavy atom. The molecule has 0 saturated heterocycles. The molecule has 0 saturated carbocycles. The summed E-state index contributed by atoms with van der Waals surface area (Å²) in [5.74, 6) is -0.603. The number of rotatable bonds is 5. The highest BCUT2D eigenvalue weighted by atomic mass is 16.5. The van der Waals surface area contributed by atoms with Crippen molar-refractivity contribution in [3.63, 3.8) is 0 Å². The van der Waals surface area contributed by atoms with Gasteiger partial charge in [-0.3, -0.25) is 4.79 Å². The summed E-state index contributed by atoms with van der Waals surface area (Å²) in [6.07, 6.45) is 6.09. The SMILES string of the molecule is COc1cc2c(cc1/C=N\NC(=O)[C@@H](C#N)c1ccccc1)CCCC2. The van der Waals surface area contributed by atoms with E-state index in [4.69, 9.17) is 4.74 Å². The number of nitrogens with zero attached hydrogens (tertiary/aromatic N) is 2. The molecule has 2 aromatic rings. The topological polar surface area (TPSA) is 74.5 Å². The highest BCUT2D eigenvalue weighted by molar-refractivity contribution is 5.89. The normalized spacial score (nSPS) is 14.3. The van der Waals surface area contributed by atoms with Gasteiger partial charge in [0.2, 0.25) is 0 Å². The molecule has 1 amide bonds. The number of hydrogen-bond acceptors (Lipinski definition) is 4. The van der Waals surface area contributed by atoms with Gasteiger partial charge in [-0.2, -0.15) is 10.4 Å². The van der Waals surface area contributed by atoms with Crippen molar-refractivity contribution in [1.29, 1.82) is 5.26 Å². The van der Waals surface area contributed by atoms with Crippen molar-refractivity contribution in [3.05, 3.63) is 64.7 Å². The minimum Gasteiger partial charge on any atom is -0.496 e. The van der Waals surface area contributed by atoms with E-state index in [1.165, 1.54) is 24.0 Å². The van der Waals surface area contributed by atoms with Gasteiger partial charge in [-0.05, 0) is 54.5 Å². The lowest BCUT2D eigenvalue weighted by atomic mass is 9.90. The first-order valence-corrected chi connectivity index (χ1v) is 8.70. The second-order valence-corrected chi connectivity index (χ2v) is 6.28. The summed E-state index contributed by atoms with van der Waals surface area (Å²) >= 11 is 0. The lowest BCUT2D eigenvalue weighted by Gasteiger charge is -2.18. The first kappa shape index (κ1) is 17.7. The van der Waals surface area contributed by atoms with Gasteiger partial charge >= 0.3 is 0 Å². The fourth-order valence-corrected chi connectivity index (χ4v) is 3.22. The molecule has 0 spiro atoms. The Balaban J connectivity index is 1.74. The predicted molar refractivity (Wildman–Crippen MR) is 100 cm³/mol. The summed E-state index contributed by atoms with van der Waals surface area (Å²) < 4.78 is 5.45. The highest BCUT2D eigenvalue weighted by Gasteiger charge is 2.19. The number of benzene rings is 2. The summed E-state index contributed by atoms with van der Waals surface area (Å²) in [4.78, 5) is 12.3. The molecule has 0 heterocycles. The van der Waals surface area contributed by atoms with Gasteiger partial charge in [0, 0.05) is 5.56 Å². The van der Waals surface area contributed by atoms with Crippen molar-refractivity contribution in [1.82, 2.24) is 5.43 Å². The van der Waals surface area contributed by atoms with Gasteiger partial charge in [0.15, 0.2) is 5.92 Å². The van der Waals surface area contributed by atoms with Crippen LogP contribution in [0.25, 0.3) is 0 Å². The summed E-state index contributed by atoms with van der Waals surface area (Å²) in [7, 11) is 1.63. The summed E-state index contributed by atoms with van der Waals surface area (Å²) in [6.45, 7) is 0. The molecular formula is C21H21N3O2. The zero-order valence-corrected chi connectivity index (χ0v) is 14.7. The summed E-state index contributed by atoms with van der Waals surface area (Å²) in [6, 6.07) is 15.1. The van der Waals surface area contributed by atoms with Crippen molar-refractivity contribution in [3.8, 4) is 11.8 Å². The maximum absolute atomic E-state index is 12.3. The van der Waals surface area contributed by atoms with Crippen LogP contribution in [0.5, 0.6) is 5.75 Å². The third kappa shape index (κ3) is 3.92. The minimum absolute atomic E-state index is 0.452. The average Bonchev–Trinajstić information content (AvgIpc) is 2.69. The maximum atomic E-state index is 12.3. The Morgan fingerprint density at radius 2 is 1.92 bits per heavy atom. The van der Waals surface area contributed by atoms with Crippen LogP contribution in [-0.2, 0) is 17.6 Å². The van der Waals surface area contributed by atoms with Crippen molar-refractivity contribution in [2.24, 2.45) is 5.10 Å². The molecule has 0 unspecified atom stereocenters. The lowest BCUT2D eigenvalue weighted by Crippen LogP contribution is -2.24. The standard InChI is InChI=1S/C21H21N3O2/c1-26-20-12-17-10-6-5-9-16(17)11-18(20)14-23-24-21(25)19(13-22)15-7-3-2-4-8-15/h2-4,7-8,11-12,14,19H,5-6,9-10H2,1H3,(H,24,25)/b23-14-/t19-/m0/s1. The Bertz CT molecular complexity index is 854. The Labute approximate surface area is 153 Å². The second kappa shape index (κ2) is 8.30. The Hall–Kier alpha value is -3.13. The van der Waals surface area contributed by atoms with E-state index in [-0.39, 0.29) is 0 Å². The molecule has 26 heavy (non-hydrogen) atoms. The molecule has 0 aromatic heterocycles. The van der Waals surface area contributed by atoms with Crippen LogP contribution >= 0.6 is 0 Å². The molecule has 1 aliphatic rings. The molecule has 1 aliphatic carbocycles. The first-order chi connectivity index (χ1) is 12.7. The van der Waals surface area contributed by atoms with Crippen LogP contribution in [0.2, 0.25) is 0 Å². The number of carbonyl (C=O) groups excluding carboxylic acids is 1. The zero-order chi connectivity index (χ0) is 18.4. The average molecular weight is 347 g/mol. The van der Waals surface area contributed by atoms with Crippen LogP contribution in [-0.4, -0.2) is 19.2 Å². The monoisotopic (exact) mass is 347 g/mol. The van der Waals surface area contributed by atoms with Gasteiger partial charge in [-0.1, -0.05) is 30.3 Å². The third-order valence-electron chi connectivity index (χ3n) is 4.60. The molecule has 0 fully saturated rings. The number of ether oxygens (including phenoxy) is 1. The first-order valence-electron chi connectivity index (χ1n) is 8.70.